The Morgan fingerprint density at radius 3 is 2.37 bits per heavy atom. The molecule has 19 heavy (non-hydrogen) atoms. The minimum atomic E-state index is -0.449. The van der Waals surface area contributed by atoms with Crippen molar-refractivity contribution in [2.45, 2.75) is 38.9 Å². The van der Waals surface area contributed by atoms with Gasteiger partial charge in [0.15, 0.2) is 0 Å². The van der Waals surface area contributed by atoms with E-state index in [0.717, 1.165) is 11.0 Å². The fourth-order valence-electron chi connectivity index (χ4n) is 2.03. The quantitative estimate of drug-likeness (QED) is 0.640. The number of H-pyrrole nitrogens is 1. The van der Waals surface area contributed by atoms with E-state index < -0.39 is 7.12 Å². The van der Waals surface area contributed by atoms with Crippen LogP contribution in [0.4, 0.5) is 0 Å². The molecule has 1 fully saturated rings. The Bertz CT molecular complexity index is 625. The Kier molecular flexibility index (Phi) is 2.68. The summed E-state index contributed by atoms with van der Waals surface area (Å²) >= 11 is 6.04. The summed E-state index contributed by atoms with van der Waals surface area (Å²) in [5.41, 5.74) is 0.746. The normalized spacial score (nSPS) is 21.2. The second-order valence-corrected chi connectivity index (χ2v) is 6.10. The first-order valence-electron chi connectivity index (χ1n) is 6.15. The van der Waals surface area contributed by atoms with E-state index in [2.05, 4.69) is 15.0 Å². The van der Waals surface area contributed by atoms with Gasteiger partial charge in [-0.05, 0) is 33.8 Å². The Hall–Kier alpha value is -1.11. The minimum absolute atomic E-state index is 0.371. The van der Waals surface area contributed by atoms with Gasteiger partial charge in [0.2, 0.25) is 0 Å². The van der Waals surface area contributed by atoms with Gasteiger partial charge in [0, 0.05) is 5.59 Å². The molecule has 0 unspecified atom stereocenters. The van der Waals surface area contributed by atoms with Crippen LogP contribution in [0.15, 0.2) is 12.4 Å². The fraction of sp³-hybridized carbons (Fsp3) is 0.500. The van der Waals surface area contributed by atoms with E-state index in [1.54, 1.807) is 0 Å². The van der Waals surface area contributed by atoms with Crippen molar-refractivity contribution in [1.29, 1.82) is 0 Å². The van der Waals surface area contributed by atoms with Crippen molar-refractivity contribution in [3.05, 3.63) is 17.5 Å². The molecule has 0 aromatic carbocycles. The van der Waals surface area contributed by atoms with Gasteiger partial charge in [-0.1, -0.05) is 11.6 Å². The summed E-state index contributed by atoms with van der Waals surface area (Å²) in [5, 5.41) is 1.19. The van der Waals surface area contributed by atoms with Gasteiger partial charge in [0.25, 0.3) is 0 Å². The molecule has 2 aromatic heterocycles. The Morgan fingerprint density at radius 1 is 1.16 bits per heavy atom. The van der Waals surface area contributed by atoms with E-state index in [-0.39, 0.29) is 11.2 Å². The largest absolute Gasteiger partial charge is 0.512 e. The van der Waals surface area contributed by atoms with Crippen molar-refractivity contribution < 1.29 is 9.31 Å². The molecule has 2 aromatic rings. The maximum absolute atomic E-state index is 6.04. The first kappa shape index (κ1) is 12.9. The van der Waals surface area contributed by atoms with Crippen LogP contribution in [0.3, 0.4) is 0 Å². The van der Waals surface area contributed by atoms with Crippen LogP contribution in [0.5, 0.6) is 0 Å². The second kappa shape index (κ2) is 3.94. The lowest BCUT2D eigenvalue weighted by atomic mass is 9.85. The van der Waals surface area contributed by atoms with Gasteiger partial charge in [0.1, 0.15) is 17.1 Å². The Morgan fingerprint density at radius 2 is 1.79 bits per heavy atom. The van der Waals surface area contributed by atoms with E-state index >= 15 is 0 Å². The van der Waals surface area contributed by atoms with Gasteiger partial charge >= 0.3 is 7.12 Å². The summed E-state index contributed by atoms with van der Waals surface area (Å²) in [6, 6.07) is 1.87. The molecule has 100 valence electrons. The highest BCUT2D eigenvalue weighted by Crippen LogP contribution is 2.36. The third-order valence-corrected chi connectivity index (χ3v) is 4.21. The van der Waals surface area contributed by atoms with Crippen LogP contribution in [0, 0.1) is 0 Å². The topological polar surface area (TPSA) is 60.0 Å². The molecule has 0 amide bonds. The molecule has 0 radical (unpaired) electrons. The highest BCUT2D eigenvalue weighted by Gasteiger charge is 2.52. The molecule has 1 N–H and O–H groups in total. The van der Waals surface area contributed by atoms with Gasteiger partial charge in [-0.2, -0.15) is 0 Å². The minimum Gasteiger partial charge on any atom is -0.398 e. The van der Waals surface area contributed by atoms with Gasteiger partial charge in [-0.15, -0.1) is 0 Å². The predicted octanol–water partition coefficient (Wildman–Crippen LogP) is 1.91. The average Bonchev–Trinajstić information content (AvgIpc) is 2.80. The van der Waals surface area contributed by atoms with Crippen LogP contribution >= 0.6 is 11.6 Å². The number of aromatic nitrogens is 3. The van der Waals surface area contributed by atoms with Crippen LogP contribution in [-0.2, 0) is 9.31 Å². The molecule has 0 spiro atoms. The number of aromatic amines is 1. The molecular weight excluding hydrogens is 264 g/mol. The van der Waals surface area contributed by atoms with Gasteiger partial charge in [0.05, 0.1) is 16.6 Å². The SMILES string of the molecule is CC1(C)OB(c2cc3c(Cl)ncnc3[nH]2)OC1(C)C. The molecule has 3 rings (SSSR count). The van der Waals surface area contributed by atoms with Crippen LogP contribution in [0.2, 0.25) is 5.15 Å². The van der Waals surface area contributed by atoms with Crippen molar-refractivity contribution in [2.75, 3.05) is 0 Å². The average molecular weight is 280 g/mol. The maximum Gasteiger partial charge on any atom is 0.512 e. The number of fused-ring (bicyclic) bond motifs is 1. The molecule has 5 nitrogen and oxygen atoms in total. The second-order valence-electron chi connectivity index (χ2n) is 5.74. The van der Waals surface area contributed by atoms with Crippen molar-refractivity contribution in [3.8, 4) is 0 Å². The van der Waals surface area contributed by atoms with Gasteiger partial charge < -0.3 is 14.3 Å². The number of nitrogens with zero attached hydrogens (tertiary/aromatic N) is 2. The van der Waals surface area contributed by atoms with E-state index in [0.29, 0.717) is 10.8 Å². The molecular formula is C12H15BClN3O2. The number of halogens is 1. The van der Waals surface area contributed by atoms with Crippen LogP contribution < -0.4 is 5.59 Å². The van der Waals surface area contributed by atoms with Crippen molar-refractivity contribution in [3.63, 3.8) is 0 Å². The lowest BCUT2D eigenvalue weighted by Crippen LogP contribution is -2.41. The van der Waals surface area contributed by atoms with Crippen molar-refractivity contribution in [2.24, 2.45) is 0 Å². The number of rotatable bonds is 1. The zero-order valence-electron chi connectivity index (χ0n) is 11.3. The van der Waals surface area contributed by atoms with Crippen molar-refractivity contribution >= 4 is 35.3 Å². The third kappa shape index (κ3) is 1.95. The number of nitrogens with one attached hydrogen (secondary N) is 1. The van der Waals surface area contributed by atoms with Gasteiger partial charge in [-0.3, -0.25) is 0 Å². The first-order chi connectivity index (χ1) is 8.80. The summed E-state index contributed by atoms with van der Waals surface area (Å²) in [6.07, 6.45) is 1.43. The Balaban J connectivity index is 2.01. The molecule has 0 saturated carbocycles. The monoisotopic (exact) mass is 279 g/mol. The molecule has 1 aliphatic rings. The standard InChI is InChI=1S/C12H15BClN3O2/c1-11(2)12(3,4)19-13(18-11)8-5-7-9(14)15-6-16-10(7)17-8/h5-6H,1-4H3,(H,15,16,17). The van der Waals surface area contributed by atoms with Crippen LogP contribution in [0.1, 0.15) is 27.7 Å². The summed E-state index contributed by atoms with van der Waals surface area (Å²) < 4.78 is 11.9. The molecule has 0 aliphatic carbocycles. The van der Waals surface area contributed by atoms with Crippen molar-refractivity contribution in [1.82, 2.24) is 15.0 Å². The van der Waals surface area contributed by atoms with E-state index in [9.17, 15) is 0 Å². The number of hydrogen-bond donors (Lipinski definition) is 1. The molecule has 0 bridgehead atoms. The van der Waals surface area contributed by atoms with E-state index in [1.165, 1.54) is 6.33 Å². The maximum atomic E-state index is 6.04. The smallest absolute Gasteiger partial charge is 0.398 e. The lowest BCUT2D eigenvalue weighted by Gasteiger charge is -2.32. The summed E-state index contributed by atoms with van der Waals surface area (Å²) in [7, 11) is -0.449. The third-order valence-electron chi connectivity index (χ3n) is 3.91. The predicted molar refractivity (Wildman–Crippen MR) is 74.6 cm³/mol. The zero-order valence-corrected chi connectivity index (χ0v) is 12.1. The van der Waals surface area contributed by atoms with E-state index in [4.69, 9.17) is 20.9 Å². The highest BCUT2D eigenvalue weighted by molar-refractivity contribution is 6.61. The molecule has 3 heterocycles. The molecule has 0 atom stereocenters. The fourth-order valence-corrected chi connectivity index (χ4v) is 2.21. The van der Waals surface area contributed by atoms with E-state index in [1.807, 2.05) is 33.8 Å². The zero-order chi connectivity index (χ0) is 13.8. The Labute approximate surface area is 116 Å². The lowest BCUT2D eigenvalue weighted by molar-refractivity contribution is 0.00578. The molecule has 1 saturated heterocycles. The molecule has 1 aliphatic heterocycles. The van der Waals surface area contributed by atoms with Crippen LogP contribution in [-0.4, -0.2) is 33.3 Å². The van der Waals surface area contributed by atoms with Gasteiger partial charge in [-0.25, -0.2) is 9.97 Å². The summed E-state index contributed by atoms with van der Waals surface area (Å²) in [4.78, 5) is 11.3. The molecule has 7 heteroatoms. The highest BCUT2D eigenvalue weighted by atomic mass is 35.5. The first-order valence-corrected chi connectivity index (χ1v) is 6.53. The van der Waals surface area contributed by atoms with Crippen LogP contribution in [0.25, 0.3) is 11.0 Å². The summed E-state index contributed by atoms with van der Waals surface area (Å²) in [5.74, 6) is 0. The number of hydrogen-bond acceptors (Lipinski definition) is 4. The summed E-state index contributed by atoms with van der Waals surface area (Å²) in [6.45, 7) is 8.07.